The van der Waals surface area contributed by atoms with E-state index in [2.05, 4.69) is 15.3 Å². The Bertz CT molecular complexity index is 526. The summed E-state index contributed by atoms with van der Waals surface area (Å²) in [6.07, 6.45) is -2.34. The number of halogens is 3. The maximum absolute atomic E-state index is 12.7. The lowest BCUT2D eigenvalue weighted by molar-refractivity contribution is -0.143. The zero-order valence-electron chi connectivity index (χ0n) is 11.4. The number of carbonyl (C=O) groups is 1. The molecule has 0 atom stereocenters. The molecule has 0 bridgehead atoms. The zero-order chi connectivity index (χ0) is 15.6. The van der Waals surface area contributed by atoms with E-state index < -0.39 is 17.8 Å². The van der Waals surface area contributed by atoms with Gasteiger partial charge in [0.2, 0.25) is 5.95 Å². The molecule has 0 aromatic carbocycles. The summed E-state index contributed by atoms with van der Waals surface area (Å²) >= 11 is 0. The minimum atomic E-state index is -4.51. The van der Waals surface area contributed by atoms with Crippen molar-refractivity contribution in [3.63, 3.8) is 0 Å². The van der Waals surface area contributed by atoms with Gasteiger partial charge in [0.25, 0.3) is 0 Å². The van der Waals surface area contributed by atoms with Gasteiger partial charge >= 0.3 is 12.1 Å². The number of aliphatic carboxylic acids is 1. The number of anilines is 1. The van der Waals surface area contributed by atoms with E-state index in [0.29, 0.717) is 25.7 Å². The number of alkyl halides is 3. The average molecular weight is 303 g/mol. The number of hydrogen-bond donors (Lipinski definition) is 2. The third-order valence-corrected chi connectivity index (χ3v) is 3.55. The molecule has 8 heteroatoms. The van der Waals surface area contributed by atoms with E-state index >= 15 is 0 Å². The monoisotopic (exact) mass is 303 g/mol. The molecule has 0 spiro atoms. The molecule has 1 heterocycles. The second-order valence-corrected chi connectivity index (χ2v) is 5.25. The number of nitrogens with zero attached hydrogens (tertiary/aromatic N) is 2. The summed E-state index contributed by atoms with van der Waals surface area (Å²) in [5, 5.41) is 11.8. The van der Waals surface area contributed by atoms with E-state index in [1.807, 2.05) is 0 Å². The Balaban J connectivity index is 2.04. The van der Waals surface area contributed by atoms with E-state index in [-0.39, 0.29) is 23.6 Å². The topological polar surface area (TPSA) is 75.1 Å². The number of aromatic nitrogens is 2. The van der Waals surface area contributed by atoms with Crippen LogP contribution < -0.4 is 5.32 Å². The lowest BCUT2D eigenvalue weighted by Gasteiger charge is -2.27. The van der Waals surface area contributed by atoms with Gasteiger partial charge in [-0.1, -0.05) is 0 Å². The van der Waals surface area contributed by atoms with Crippen molar-refractivity contribution in [2.45, 2.75) is 44.8 Å². The van der Waals surface area contributed by atoms with Crippen LogP contribution in [0.5, 0.6) is 0 Å². The Morgan fingerprint density at radius 1 is 1.29 bits per heavy atom. The van der Waals surface area contributed by atoms with Crippen LogP contribution in [0.1, 0.15) is 37.1 Å². The molecule has 1 aliphatic carbocycles. The Labute approximate surface area is 119 Å². The second-order valence-electron chi connectivity index (χ2n) is 5.25. The Morgan fingerprint density at radius 2 is 1.90 bits per heavy atom. The molecule has 5 nitrogen and oxygen atoms in total. The summed E-state index contributed by atoms with van der Waals surface area (Å²) < 4.78 is 38.0. The zero-order valence-corrected chi connectivity index (χ0v) is 11.4. The van der Waals surface area contributed by atoms with Crippen LogP contribution in [0.3, 0.4) is 0 Å². The van der Waals surface area contributed by atoms with Gasteiger partial charge in [0.05, 0.1) is 5.92 Å². The molecular formula is C13H16F3N3O2. The summed E-state index contributed by atoms with van der Waals surface area (Å²) in [5.41, 5.74) is -0.740. The van der Waals surface area contributed by atoms with Crippen LogP contribution in [0.25, 0.3) is 0 Å². The summed E-state index contributed by atoms with van der Waals surface area (Å²) in [7, 11) is 0. The van der Waals surface area contributed by atoms with Crippen molar-refractivity contribution in [2.24, 2.45) is 5.92 Å². The minimum Gasteiger partial charge on any atom is -0.481 e. The molecule has 1 aliphatic rings. The molecule has 116 valence electrons. The highest BCUT2D eigenvalue weighted by atomic mass is 19.4. The van der Waals surface area contributed by atoms with Crippen LogP contribution in [-0.4, -0.2) is 27.1 Å². The maximum atomic E-state index is 12.7. The fourth-order valence-corrected chi connectivity index (χ4v) is 2.45. The molecule has 2 N–H and O–H groups in total. The first-order chi connectivity index (χ1) is 9.75. The van der Waals surface area contributed by atoms with Gasteiger partial charge in [0.1, 0.15) is 5.69 Å². The lowest BCUT2D eigenvalue weighted by Crippen LogP contribution is -2.30. The van der Waals surface area contributed by atoms with Gasteiger partial charge in [-0.15, -0.1) is 0 Å². The van der Waals surface area contributed by atoms with Crippen LogP contribution >= 0.6 is 0 Å². The van der Waals surface area contributed by atoms with Crippen LogP contribution in [-0.2, 0) is 11.0 Å². The molecule has 1 fully saturated rings. The minimum absolute atomic E-state index is 0.0545. The first-order valence-electron chi connectivity index (χ1n) is 6.68. The van der Waals surface area contributed by atoms with Gasteiger partial charge in [-0.2, -0.15) is 13.2 Å². The van der Waals surface area contributed by atoms with Crippen LogP contribution in [0.2, 0.25) is 0 Å². The number of carboxylic acids is 1. The fourth-order valence-electron chi connectivity index (χ4n) is 2.45. The first-order valence-corrected chi connectivity index (χ1v) is 6.68. The van der Waals surface area contributed by atoms with E-state index in [1.54, 1.807) is 0 Å². The third kappa shape index (κ3) is 4.05. The molecule has 0 aliphatic heterocycles. The molecule has 1 aromatic heterocycles. The number of nitrogens with one attached hydrogen (secondary N) is 1. The van der Waals surface area contributed by atoms with Gasteiger partial charge in [0, 0.05) is 11.7 Å². The van der Waals surface area contributed by atoms with Crippen molar-refractivity contribution < 1.29 is 23.1 Å². The van der Waals surface area contributed by atoms with Gasteiger partial charge in [-0.05, 0) is 38.7 Å². The predicted octanol–water partition coefficient (Wildman–Crippen LogP) is 2.86. The second kappa shape index (κ2) is 5.87. The van der Waals surface area contributed by atoms with Gasteiger partial charge in [0.15, 0.2) is 0 Å². The summed E-state index contributed by atoms with van der Waals surface area (Å²) in [5.74, 6) is -1.24. The molecular weight excluding hydrogens is 287 g/mol. The molecule has 2 rings (SSSR count). The number of hydrogen-bond acceptors (Lipinski definition) is 4. The Kier molecular flexibility index (Phi) is 4.34. The quantitative estimate of drug-likeness (QED) is 0.898. The van der Waals surface area contributed by atoms with Crippen LogP contribution in [0.15, 0.2) is 6.07 Å². The summed E-state index contributed by atoms with van der Waals surface area (Å²) in [6, 6.07) is 0.801. The largest absolute Gasteiger partial charge is 0.481 e. The van der Waals surface area contributed by atoms with E-state index in [4.69, 9.17) is 5.11 Å². The summed E-state index contributed by atoms with van der Waals surface area (Å²) in [6.45, 7) is 1.48. The van der Waals surface area contributed by atoms with E-state index in [9.17, 15) is 18.0 Å². The fraction of sp³-hybridized carbons (Fsp3) is 0.615. The number of aryl methyl sites for hydroxylation is 1. The highest BCUT2D eigenvalue weighted by Gasteiger charge is 2.34. The van der Waals surface area contributed by atoms with Crippen molar-refractivity contribution in [1.82, 2.24) is 9.97 Å². The highest BCUT2D eigenvalue weighted by molar-refractivity contribution is 5.70. The van der Waals surface area contributed by atoms with Gasteiger partial charge < -0.3 is 10.4 Å². The van der Waals surface area contributed by atoms with Gasteiger partial charge in [-0.3, -0.25) is 4.79 Å². The number of carboxylic acid groups (broad SMARTS) is 1. The van der Waals surface area contributed by atoms with Crippen molar-refractivity contribution in [1.29, 1.82) is 0 Å². The molecule has 0 unspecified atom stereocenters. The third-order valence-electron chi connectivity index (χ3n) is 3.55. The predicted molar refractivity (Wildman–Crippen MR) is 68.8 cm³/mol. The van der Waals surface area contributed by atoms with Gasteiger partial charge in [-0.25, -0.2) is 9.97 Å². The molecule has 0 amide bonds. The van der Waals surface area contributed by atoms with E-state index in [0.717, 1.165) is 6.07 Å². The molecule has 1 aromatic rings. The Hall–Kier alpha value is -1.86. The molecule has 0 radical (unpaired) electrons. The summed E-state index contributed by atoms with van der Waals surface area (Å²) in [4.78, 5) is 18.3. The van der Waals surface area contributed by atoms with Crippen molar-refractivity contribution in [3.8, 4) is 0 Å². The number of rotatable bonds is 3. The van der Waals surface area contributed by atoms with Crippen LogP contribution in [0, 0.1) is 12.8 Å². The molecule has 21 heavy (non-hydrogen) atoms. The highest BCUT2D eigenvalue weighted by Crippen LogP contribution is 2.30. The van der Waals surface area contributed by atoms with Crippen molar-refractivity contribution in [3.05, 3.63) is 17.5 Å². The lowest BCUT2D eigenvalue weighted by atomic mass is 9.86. The molecule has 0 saturated heterocycles. The Morgan fingerprint density at radius 3 is 2.43 bits per heavy atom. The normalized spacial score (nSPS) is 22.9. The first kappa shape index (κ1) is 15.5. The smallest absolute Gasteiger partial charge is 0.433 e. The SMILES string of the molecule is Cc1cc(C(F)(F)F)nc(NC2CCC(C(=O)O)CC2)n1. The average Bonchev–Trinajstić information content (AvgIpc) is 2.37. The van der Waals surface area contributed by atoms with Crippen molar-refractivity contribution >= 4 is 11.9 Å². The van der Waals surface area contributed by atoms with Crippen molar-refractivity contribution in [2.75, 3.05) is 5.32 Å². The standard InChI is InChI=1S/C13H16F3N3O2/c1-7-6-10(13(14,15)16)19-12(17-7)18-9-4-2-8(3-5-9)11(20)21/h6,8-9H,2-5H2,1H3,(H,20,21)(H,17,18,19). The van der Waals surface area contributed by atoms with E-state index in [1.165, 1.54) is 6.92 Å². The van der Waals surface area contributed by atoms with Crippen LogP contribution in [0.4, 0.5) is 19.1 Å². The maximum Gasteiger partial charge on any atom is 0.433 e. The molecule has 1 saturated carbocycles.